The summed E-state index contributed by atoms with van der Waals surface area (Å²) in [5.74, 6) is 0.861. The Bertz CT molecular complexity index is 517. The first-order valence-corrected chi connectivity index (χ1v) is 6.70. The summed E-state index contributed by atoms with van der Waals surface area (Å²) in [6.45, 7) is 4.25. The van der Waals surface area contributed by atoms with Gasteiger partial charge in [-0.05, 0) is 11.4 Å². The minimum Gasteiger partial charge on any atom is -0.355 e. The van der Waals surface area contributed by atoms with Crippen LogP contribution in [0.5, 0.6) is 0 Å². The van der Waals surface area contributed by atoms with Crippen LogP contribution in [0.25, 0.3) is 10.6 Å². The van der Waals surface area contributed by atoms with E-state index >= 15 is 0 Å². The number of rotatable bonds is 4. The highest BCUT2D eigenvalue weighted by Gasteiger charge is 2.15. The van der Waals surface area contributed by atoms with Crippen molar-refractivity contribution in [2.24, 2.45) is 5.92 Å². The van der Waals surface area contributed by atoms with Crippen LogP contribution in [-0.2, 0) is 11.3 Å². The van der Waals surface area contributed by atoms with Crippen molar-refractivity contribution < 1.29 is 9.32 Å². The van der Waals surface area contributed by atoms with E-state index in [-0.39, 0.29) is 11.8 Å². The molecule has 4 nitrogen and oxygen atoms in total. The number of amides is 1. The topological polar surface area (TPSA) is 46.3 Å². The maximum absolute atomic E-state index is 11.8. The van der Waals surface area contributed by atoms with Gasteiger partial charge in [0.05, 0.1) is 11.4 Å². The maximum Gasteiger partial charge on any atom is 0.225 e. The first kappa shape index (κ1) is 12.8. The predicted octanol–water partition coefficient (Wildman–Crippen LogP) is 3.02. The monoisotopic (exact) mass is 264 g/mol. The largest absolute Gasteiger partial charge is 0.355 e. The molecule has 1 amide bonds. The molecule has 5 heteroatoms. The van der Waals surface area contributed by atoms with E-state index in [4.69, 9.17) is 4.52 Å². The molecule has 0 fully saturated rings. The summed E-state index contributed by atoms with van der Waals surface area (Å²) in [7, 11) is 1.78. The van der Waals surface area contributed by atoms with Crippen LogP contribution in [0.1, 0.15) is 19.5 Å². The Labute approximate surface area is 110 Å². The molecule has 0 N–H and O–H groups in total. The van der Waals surface area contributed by atoms with Crippen LogP contribution < -0.4 is 0 Å². The van der Waals surface area contributed by atoms with Crippen LogP contribution in [0.4, 0.5) is 0 Å². The van der Waals surface area contributed by atoms with Gasteiger partial charge in [-0.25, -0.2) is 0 Å². The summed E-state index contributed by atoms with van der Waals surface area (Å²) in [4.78, 5) is 14.5. The molecule has 0 saturated heterocycles. The minimum atomic E-state index is -0.00123. The average Bonchev–Trinajstić information content (AvgIpc) is 2.96. The number of nitrogens with zero attached hydrogens (tertiary/aromatic N) is 2. The lowest BCUT2D eigenvalue weighted by molar-refractivity contribution is -0.133. The Morgan fingerprint density at radius 1 is 1.56 bits per heavy atom. The van der Waals surface area contributed by atoms with E-state index < -0.39 is 0 Å². The zero-order valence-corrected chi connectivity index (χ0v) is 11.5. The normalized spacial score (nSPS) is 10.9. The molecular weight excluding hydrogens is 248 g/mol. The molecule has 0 aliphatic rings. The second-order valence-corrected chi connectivity index (χ2v) is 5.46. The van der Waals surface area contributed by atoms with Crippen molar-refractivity contribution in [2.45, 2.75) is 20.4 Å². The van der Waals surface area contributed by atoms with Gasteiger partial charge in [0, 0.05) is 19.0 Å². The maximum atomic E-state index is 11.8. The SMILES string of the molecule is CC(C)C(=O)N(C)Cc1cc(-c2cccs2)on1. The number of thiophene rings is 1. The van der Waals surface area contributed by atoms with Crippen molar-refractivity contribution >= 4 is 17.2 Å². The van der Waals surface area contributed by atoms with Crippen molar-refractivity contribution in [3.05, 3.63) is 29.3 Å². The van der Waals surface area contributed by atoms with Crippen LogP contribution in [-0.4, -0.2) is 23.0 Å². The molecule has 2 aromatic rings. The van der Waals surface area contributed by atoms with E-state index in [2.05, 4.69) is 5.16 Å². The molecule has 0 bridgehead atoms. The van der Waals surface area contributed by atoms with Gasteiger partial charge < -0.3 is 9.42 Å². The molecule has 2 heterocycles. The predicted molar refractivity (Wildman–Crippen MR) is 71.1 cm³/mol. The lowest BCUT2D eigenvalue weighted by atomic mass is 10.2. The van der Waals surface area contributed by atoms with Crippen molar-refractivity contribution in [2.75, 3.05) is 7.05 Å². The fraction of sp³-hybridized carbons (Fsp3) is 0.385. The van der Waals surface area contributed by atoms with Gasteiger partial charge in [-0.1, -0.05) is 25.1 Å². The van der Waals surface area contributed by atoms with E-state index in [1.807, 2.05) is 37.4 Å². The number of hydrogen-bond donors (Lipinski definition) is 0. The minimum absolute atomic E-state index is 0.00123. The van der Waals surface area contributed by atoms with Gasteiger partial charge in [-0.3, -0.25) is 4.79 Å². The van der Waals surface area contributed by atoms with E-state index in [9.17, 15) is 4.79 Å². The van der Waals surface area contributed by atoms with Crippen molar-refractivity contribution in [1.82, 2.24) is 10.1 Å². The zero-order valence-electron chi connectivity index (χ0n) is 10.7. The van der Waals surface area contributed by atoms with Crippen LogP contribution in [0.15, 0.2) is 28.1 Å². The first-order chi connectivity index (χ1) is 8.58. The van der Waals surface area contributed by atoms with Gasteiger partial charge in [0.15, 0.2) is 5.76 Å². The quantitative estimate of drug-likeness (QED) is 0.852. The number of carbonyl (C=O) groups excluding carboxylic acids is 1. The lowest BCUT2D eigenvalue weighted by Gasteiger charge is -2.17. The van der Waals surface area contributed by atoms with Crippen LogP contribution in [0.2, 0.25) is 0 Å². The van der Waals surface area contributed by atoms with Crippen molar-refractivity contribution in [3.63, 3.8) is 0 Å². The third-order valence-corrected chi connectivity index (χ3v) is 3.48. The van der Waals surface area contributed by atoms with E-state index in [1.54, 1.807) is 23.3 Å². The summed E-state index contributed by atoms with van der Waals surface area (Å²) >= 11 is 1.61. The zero-order chi connectivity index (χ0) is 13.1. The van der Waals surface area contributed by atoms with Crippen molar-refractivity contribution in [3.8, 4) is 10.6 Å². The molecular formula is C13H16N2O2S. The third-order valence-electron chi connectivity index (χ3n) is 2.59. The van der Waals surface area contributed by atoms with E-state index in [0.717, 1.165) is 16.3 Å². The van der Waals surface area contributed by atoms with Gasteiger partial charge >= 0.3 is 0 Å². The van der Waals surface area contributed by atoms with Crippen molar-refractivity contribution in [1.29, 1.82) is 0 Å². The van der Waals surface area contributed by atoms with Gasteiger partial charge in [-0.2, -0.15) is 0 Å². The molecule has 0 atom stereocenters. The molecule has 2 aromatic heterocycles. The Balaban J connectivity index is 2.05. The lowest BCUT2D eigenvalue weighted by Crippen LogP contribution is -2.30. The highest BCUT2D eigenvalue weighted by molar-refractivity contribution is 7.13. The van der Waals surface area contributed by atoms with E-state index in [0.29, 0.717) is 6.54 Å². The van der Waals surface area contributed by atoms with Crippen LogP contribution in [0.3, 0.4) is 0 Å². The highest BCUT2D eigenvalue weighted by atomic mass is 32.1. The molecule has 0 aliphatic carbocycles. The molecule has 18 heavy (non-hydrogen) atoms. The van der Waals surface area contributed by atoms with Gasteiger partial charge in [0.1, 0.15) is 5.69 Å². The molecule has 0 aromatic carbocycles. The van der Waals surface area contributed by atoms with Gasteiger partial charge in [-0.15, -0.1) is 11.3 Å². The Morgan fingerprint density at radius 2 is 2.33 bits per heavy atom. The summed E-state index contributed by atoms with van der Waals surface area (Å²) in [6, 6.07) is 5.84. The van der Waals surface area contributed by atoms with E-state index in [1.165, 1.54) is 0 Å². The fourth-order valence-electron chi connectivity index (χ4n) is 1.68. The molecule has 0 saturated carbocycles. The molecule has 0 aliphatic heterocycles. The summed E-state index contributed by atoms with van der Waals surface area (Å²) < 4.78 is 5.27. The first-order valence-electron chi connectivity index (χ1n) is 5.82. The average molecular weight is 264 g/mol. The molecule has 0 spiro atoms. The number of aromatic nitrogens is 1. The second-order valence-electron chi connectivity index (χ2n) is 4.51. The Hall–Kier alpha value is -1.62. The molecule has 0 radical (unpaired) electrons. The Kier molecular flexibility index (Phi) is 3.81. The fourth-order valence-corrected chi connectivity index (χ4v) is 2.36. The molecule has 96 valence electrons. The van der Waals surface area contributed by atoms with Crippen LogP contribution in [0, 0.1) is 5.92 Å². The summed E-state index contributed by atoms with van der Waals surface area (Å²) in [5.41, 5.74) is 0.773. The van der Waals surface area contributed by atoms with Crippen LogP contribution >= 0.6 is 11.3 Å². The molecule has 0 unspecified atom stereocenters. The molecule has 2 rings (SSSR count). The second kappa shape index (κ2) is 5.35. The smallest absolute Gasteiger partial charge is 0.225 e. The van der Waals surface area contributed by atoms with Gasteiger partial charge in [0.25, 0.3) is 0 Å². The summed E-state index contributed by atoms with van der Waals surface area (Å²) in [6.07, 6.45) is 0. The highest BCUT2D eigenvalue weighted by Crippen LogP contribution is 2.25. The standard InChI is InChI=1S/C13H16N2O2S/c1-9(2)13(16)15(3)8-10-7-11(17-14-10)12-5-4-6-18-12/h4-7,9H,8H2,1-3H3. The van der Waals surface area contributed by atoms with Gasteiger partial charge in [0.2, 0.25) is 5.91 Å². The third kappa shape index (κ3) is 2.79. The number of hydrogen-bond acceptors (Lipinski definition) is 4. The summed E-state index contributed by atoms with van der Waals surface area (Å²) in [5, 5.41) is 5.98. The number of carbonyl (C=O) groups is 1. The Morgan fingerprint density at radius 3 is 2.94 bits per heavy atom.